The first-order chi connectivity index (χ1) is 12.7. The summed E-state index contributed by atoms with van der Waals surface area (Å²) in [6.07, 6.45) is 6.90. The van der Waals surface area contributed by atoms with Crippen LogP contribution in [0.4, 0.5) is 0 Å². The summed E-state index contributed by atoms with van der Waals surface area (Å²) < 4.78 is 5.80. The Kier molecular flexibility index (Phi) is 4.83. The van der Waals surface area contributed by atoms with Crippen molar-refractivity contribution in [3.8, 4) is 0 Å². The van der Waals surface area contributed by atoms with Gasteiger partial charge in [-0.25, -0.2) is 4.98 Å². The fraction of sp³-hybridized carbons (Fsp3) is 0.556. The first kappa shape index (κ1) is 17.0. The maximum atomic E-state index is 12.9. The zero-order chi connectivity index (χ0) is 17.9. The van der Waals surface area contributed by atoms with Gasteiger partial charge in [0.15, 0.2) is 5.69 Å². The molecule has 1 atom stereocenters. The molecular weight excluding hydrogens is 334 g/mol. The average Bonchev–Trinajstić information content (AvgIpc) is 3.10. The first-order valence-corrected chi connectivity index (χ1v) is 9.21. The molecule has 1 amide bonds. The third-order valence-corrected chi connectivity index (χ3v) is 5.14. The molecule has 1 fully saturated rings. The van der Waals surface area contributed by atoms with Crippen LogP contribution < -0.4 is 5.56 Å². The molecule has 0 bridgehead atoms. The first-order valence-electron chi connectivity index (χ1n) is 9.21. The van der Waals surface area contributed by atoms with Gasteiger partial charge in [-0.05, 0) is 38.5 Å². The number of hydrogen-bond acceptors (Lipinski definition) is 5. The number of H-pyrrole nitrogens is 2. The highest BCUT2D eigenvalue weighted by atomic mass is 16.5. The smallest absolute Gasteiger partial charge is 0.274 e. The minimum atomic E-state index is -0.153. The molecule has 2 aromatic heterocycles. The van der Waals surface area contributed by atoms with Gasteiger partial charge >= 0.3 is 0 Å². The number of carbonyl (C=O) groups excluding carboxylic acids is 1. The highest BCUT2D eigenvalue weighted by Gasteiger charge is 2.29. The molecule has 3 heterocycles. The SMILES string of the molecule is O=C(c1n[nH]c2c1CCCC2)N1CCOC(CCc2cc(=O)[nH]cn2)C1. The van der Waals surface area contributed by atoms with E-state index in [1.165, 1.54) is 12.4 Å². The van der Waals surface area contributed by atoms with Crippen LogP contribution in [0.5, 0.6) is 0 Å². The Balaban J connectivity index is 1.39. The number of amides is 1. The Morgan fingerprint density at radius 1 is 1.35 bits per heavy atom. The molecule has 138 valence electrons. The lowest BCUT2D eigenvalue weighted by Crippen LogP contribution is -2.46. The molecule has 1 saturated heterocycles. The Morgan fingerprint density at radius 2 is 2.23 bits per heavy atom. The van der Waals surface area contributed by atoms with Crippen molar-refractivity contribution in [2.24, 2.45) is 0 Å². The van der Waals surface area contributed by atoms with Gasteiger partial charge in [-0.1, -0.05) is 0 Å². The number of nitrogens with one attached hydrogen (secondary N) is 2. The monoisotopic (exact) mass is 357 g/mol. The molecule has 0 aromatic carbocycles. The largest absolute Gasteiger partial charge is 0.375 e. The molecule has 1 aliphatic carbocycles. The fourth-order valence-corrected chi connectivity index (χ4v) is 3.74. The second-order valence-electron chi connectivity index (χ2n) is 6.92. The van der Waals surface area contributed by atoms with Crippen molar-refractivity contribution in [2.75, 3.05) is 19.7 Å². The third-order valence-electron chi connectivity index (χ3n) is 5.14. The maximum absolute atomic E-state index is 12.9. The van der Waals surface area contributed by atoms with E-state index in [4.69, 9.17) is 4.74 Å². The van der Waals surface area contributed by atoms with Crippen LogP contribution in [-0.2, 0) is 24.0 Å². The highest BCUT2D eigenvalue weighted by molar-refractivity contribution is 5.94. The van der Waals surface area contributed by atoms with Gasteiger partial charge in [0.05, 0.1) is 19.0 Å². The van der Waals surface area contributed by atoms with Gasteiger partial charge in [0, 0.05) is 36.1 Å². The van der Waals surface area contributed by atoms with E-state index in [1.54, 1.807) is 0 Å². The van der Waals surface area contributed by atoms with Crippen LogP contribution in [0.25, 0.3) is 0 Å². The summed E-state index contributed by atoms with van der Waals surface area (Å²) in [6, 6.07) is 1.50. The molecule has 26 heavy (non-hydrogen) atoms. The molecule has 2 N–H and O–H groups in total. The van der Waals surface area contributed by atoms with E-state index in [0.717, 1.165) is 49.1 Å². The summed E-state index contributed by atoms with van der Waals surface area (Å²) in [4.78, 5) is 32.8. The van der Waals surface area contributed by atoms with Crippen LogP contribution in [0.2, 0.25) is 0 Å². The summed E-state index contributed by atoms with van der Waals surface area (Å²) >= 11 is 0. The number of ether oxygens (including phenoxy) is 1. The Labute approximate surface area is 151 Å². The van der Waals surface area contributed by atoms with E-state index < -0.39 is 0 Å². The molecule has 0 spiro atoms. The van der Waals surface area contributed by atoms with E-state index >= 15 is 0 Å². The Morgan fingerprint density at radius 3 is 3.12 bits per heavy atom. The lowest BCUT2D eigenvalue weighted by atomic mass is 9.95. The van der Waals surface area contributed by atoms with Gasteiger partial charge in [0.25, 0.3) is 11.5 Å². The summed E-state index contributed by atoms with van der Waals surface area (Å²) in [5, 5.41) is 7.34. The number of aromatic amines is 2. The van der Waals surface area contributed by atoms with Gasteiger partial charge in [-0.2, -0.15) is 5.10 Å². The summed E-state index contributed by atoms with van der Waals surface area (Å²) in [5.74, 6) is -0.00743. The van der Waals surface area contributed by atoms with Gasteiger partial charge < -0.3 is 14.6 Å². The zero-order valence-electron chi connectivity index (χ0n) is 14.7. The standard InChI is InChI=1S/C18H23N5O3/c24-16-9-12(19-11-20-16)5-6-13-10-23(7-8-26-13)18(25)17-14-3-1-2-4-15(14)21-22-17/h9,11,13H,1-8,10H2,(H,21,22)(H,19,20,24). The van der Waals surface area contributed by atoms with Crippen LogP contribution in [0.3, 0.4) is 0 Å². The molecule has 1 unspecified atom stereocenters. The number of carbonyl (C=O) groups is 1. The summed E-state index contributed by atoms with van der Waals surface area (Å²) in [5.41, 5.74) is 3.38. The Hall–Kier alpha value is -2.48. The number of nitrogens with zero attached hydrogens (tertiary/aromatic N) is 3. The topological polar surface area (TPSA) is 104 Å². The molecular formula is C18H23N5O3. The molecule has 8 nitrogen and oxygen atoms in total. The number of fused-ring (bicyclic) bond motifs is 1. The van der Waals surface area contributed by atoms with Crippen LogP contribution in [0.1, 0.15) is 46.7 Å². The number of rotatable bonds is 4. The van der Waals surface area contributed by atoms with Crippen LogP contribution in [-0.4, -0.2) is 56.8 Å². The van der Waals surface area contributed by atoms with Crippen molar-refractivity contribution in [3.63, 3.8) is 0 Å². The van der Waals surface area contributed by atoms with Crippen molar-refractivity contribution < 1.29 is 9.53 Å². The van der Waals surface area contributed by atoms with Crippen molar-refractivity contribution in [1.29, 1.82) is 0 Å². The quantitative estimate of drug-likeness (QED) is 0.844. The lowest BCUT2D eigenvalue weighted by Gasteiger charge is -2.33. The molecule has 8 heteroatoms. The average molecular weight is 357 g/mol. The molecule has 1 aliphatic heterocycles. The van der Waals surface area contributed by atoms with Crippen LogP contribution in [0.15, 0.2) is 17.2 Å². The third kappa shape index (κ3) is 3.55. The predicted molar refractivity (Wildman–Crippen MR) is 94.1 cm³/mol. The van der Waals surface area contributed by atoms with Crippen LogP contribution >= 0.6 is 0 Å². The van der Waals surface area contributed by atoms with Gasteiger partial charge in [0.1, 0.15) is 0 Å². The van der Waals surface area contributed by atoms with Crippen molar-refractivity contribution >= 4 is 5.91 Å². The summed E-state index contributed by atoms with van der Waals surface area (Å²) in [6.45, 7) is 1.65. The summed E-state index contributed by atoms with van der Waals surface area (Å²) in [7, 11) is 0. The number of aromatic nitrogens is 4. The highest BCUT2D eigenvalue weighted by Crippen LogP contribution is 2.24. The molecule has 4 rings (SSSR count). The maximum Gasteiger partial charge on any atom is 0.274 e. The van der Waals surface area contributed by atoms with E-state index in [2.05, 4.69) is 20.2 Å². The predicted octanol–water partition coefficient (Wildman–Crippen LogP) is 0.846. The zero-order valence-corrected chi connectivity index (χ0v) is 14.7. The van der Waals surface area contributed by atoms with Crippen molar-refractivity contribution in [1.82, 2.24) is 25.1 Å². The fourth-order valence-electron chi connectivity index (χ4n) is 3.74. The van der Waals surface area contributed by atoms with E-state index in [1.807, 2.05) is 4.90 Å². The second-order valence-corrected chi connectivity index (χ2v) is 6.92. The Bertz CT molecular complexity index is 843. The van der Waals surface area contributed by atoms with Crippen LogP contribution in [0, 0.1) is 0 Å². The number of hydrogen-bond donors (Lipinski definition) is 2. The normalized spacial score (nSPS) is 20.0. The molecule has 2 aromatic rings. The minimum absolute atomic E-state index is 0.00743. The molecule has 0 radical (unpaired) electrons. The minimum Gasteiger partial charge on any atom is -0.375 e. The van der Waals surface area contributed by atoms with Gasteiger partial charge in [-0.15, -0.1) is 0 Å². The van der Waals surface area contributed by atoms with Gasteiger partial charge in [0.2, 0.25) is 0 Å². The van der Waals surface area contributed by atoms with Crippen molar-refractivity contribution in [2.45, 2.75) is 44.6 Å². The molecule has 0 saturated carbocycles. The lowest BCUT2D eigenvalue weighted by molar-refractivity contribution is -0.0249. The second kappa shape index (κ2) is 7.41. The van der Waals surface area contributed by atoms with Gasteiger partial charge in [-0.3, -0.25) is 14.7 Å². The van der Waals surface area contributed by atoms with E-state index in [9.17, 15) is 9.59 Å². The van der Waals surface area contributed by atoms with Crippen molar-refractivity contribution in [3.05, 3.63) is 45.4 Å². The number of morpholine rings is 1. The van der Waals surface area contributed by atoms with E-state index in [0.29, 0.717) is 31.8 Å². The van der Waals surface area contributed by atoms with E-state index in [-0.39, 0.29) is 17.6 Å². The number of aryl methyl sites for hydroxylation is 2. The molecule has 2 aliphatic rings.